The molecule has 0 unspecified atom stereocenters. The lowest BCUT2D eigenvalue weighted by Crippen LogP contribution is -2.39. The molecule has 0 atom stereocenters. The second kappa shape index (κ2) is 5.23. The zero-order valence-corrected chi connectivity index (χ0v) is 11.5. The first-order valence-corrected chi connectivity index (χ1v) is 7.34. The van der Waals surface area contributed by atoms with Crippen molar-refractivity contribution in [3.8, 4) is 0 Å². The van der Waals surface area contributed by atoms with Crippen LogP contribution in [0.1, 0.15) is 56.6 Å². The normalized spacial score (nSPS) is 20.3. The molecule has 5 heteroatoms. The fraction of sp³-hybridized carbons (Fsp3) is 0.714. The molecule has 0 bridgehead atoms. The van der Waals surface area contributed by atoms with Gasteiger partial charge in [-0.1, -0.05) is 19.3 Å². The molecule has 2 aliphatic rings. The second-order valence-electron chi connectivity index (χ2n) is 5.79. The van der Waals surface area contributed by atoms with Crippen LogP contribution < -0.4 is 10.6 Å². The Morgan fingerprint density at radius 1 is 1.26 bits per heavy atom. The Labute approximate surface area is 113 Å². The van der Waals surface area contributed by atoms with Crippen molar-refractivity contribution < 1.29 is 4.79 Å². The minimum absolute atomic E-state index is 0.118. The SMILES string of the molecule is Cn1nc(NC(=O)NC2CCCCC2)cc1C1CC1. The summed E-state index contributed by atoms with van der Waals surface area (Å²) in [6.07, 6.45) is 8.43. The lowest BCUT2D eigenvalue weighted by Gasteiger charge is -2.22. The molecular weight excluding hydrogens is 240 g/mol. The summed E-state index contributed by atoms with van der Waals surface area (Å²) in [6.45, 7) is 0. The number of carbonyl (C=O) groups excluding carboxylic acids is 1. The molecule has 0 radical (unpaired) electrons. The minimum Gasteiger partial charge on any atom is -0.335 e. The summed E-state index contributed by atoms with van der Waals surface area (Å²) < 4.78 is 1.88. The maximum Gasteiger partial charge on any atom is 0.320 e. The maximum absolute atomic E-state index is 11.9. The minimum atomic E-state index is -0.118. The van der Waals surface area contributed by atoms with Gasteiger partial charge >= 0.3 is 6.03 Å². The van der Waals surface area contributed by atoms with Gasteiger partial charge < -0.3 is 5.32 Å². The van der Waals surface area contributed by atoms with E-state index in [0.29, 0.717) is 17.8 Å². The van der Waals surface area contributed by atoms with Gasteiger partial charge in [-0.05, 0) is 25.7 Å². The van der Waals surface area contributed by atoms with Gasteiger partial charge in [0.15, 0.2) is 5.82 Å². The molecule has 0 aromatic carbocycles. The monoisotopic (exact) mass is 262 g/mol. The van der Waals surface area contributed by atoms with E-state index in [1.165, 1.54) is 37.8 Å². The molecule has 2 aliphatic carbocycles. The van der Waals surface area contributed by atoms with E-state index >= 15 is 0 Å². The lowest BCUT2D eigenvalue weighted by atomic mass is 9.96. The molecule has 104 valence electrons. The zero-order chi connectivity index (χ0) is 13.2. The Morgan fingerprint density at radius 3 is 2.68 bits per heavy atom. The molecule has 2 N–H and O–H groups in total. The number of aryl methyl sites for hydroxylation is 1. The number of anilines is 1. The van der Waals surface area contributed by atoms with Gasteiger partial charge in [0.05, 0.1) is 0 Å². The molecule has 19 heavy (non-hydrogen) atoms. The summed E-state index contributed by atoms with van der Waals surface area (Å²) in [5, 5.41) is 10.2. The third-order valence-electron chi connectivity index (χ3n) is 4.09. The number of nitrogens with zero attached hydrogens (tertiary/aromatic N) is 2. The van der Waals surface area contributed by atoms with E-state index in [4.69, 9.17) is 0 Å². The van der Waals surface area contributed by atoms with Crippen LogP contribution in [0.15, 0.2) is 6.07 Å². The van der Waals surface area contributed by atoms with Crippen molar-refractivity contribution in [3.63, 3.8) is 0 Å². The summed E-state index contributed by atoms with van der Waals surface area (Å²) in [6, 6.07) is 2.21. The molecule has 0 aliphatic heterocycles. The van der Waals surface area contributed by atoms with E-state index in [2.05, 4.69) is 15.7 Å². The summed E-state index contributed by atoms with van der Waals surface area (Å²) in [5.41, 5.74) is 1.23. The van der Waals surface area contributed by atoms with Crippen molar-refractivity contribution in [1.82, 2.24) is 15.1 Å². The maximum atomic E-state index is 11.9. The van der Waals surface area contributed by atoms with E-state index in [0.717, 1.165) is 12.8 Å². The molecule has 2 amide bonds. The Morgan fingerprint density at radius 2 is 2.00 bits per heavy atom. The van der Waals surface area contributed by atoms with Gasteiger partial charge in [0.1, 0.15) is 0 Å². The van der Waals surface area contributed by atoms with Crippen LogP contribution in [0.4, 0.5) is 10.6 Å². The number of hydrogen-bond donors (Lipinski definition) is 2. The highest BCUT2D eigenvalue weighted by molar-refractivity contribution is 5.88. The number of amides is 2. The Hall–Kier alpha value is -1.52. The molecule has 3 rings (SSSR count). The first-order valence-electron chi connectivity index (χ1n) is 7.34. The topological polar surface area (TPSA) is 59.0 Å². The summed E-state index contributed by atoms with van der Waals surface area (Å²) in [4.78, 5) is 11.9. The highest BCUT2D eigenvalue weighted by Crippen LogP contribution is 2.40. The molecule has 1 aromatic rings. The third-order valence-corrected chi connectivity index (χ3v) is 4.09. The van der Waals surface area contributed by atoms with Gasteiger partial charge in [-0.15, -0.1) is 0 Å². The fourth-order valence-electron chi connectivity index (χ4n) is 2.89. The Balaban J connectivity index is 1.55. The van der Waals surface area contributed by atoms with E-state index in [9.17, 15) is 4.79 Å². The van der Waals surface area contributed by atoms with Crippen molar-refractivity contribution in [1.29, 1.82) is 0 Å². The van der Waals surface area contributed by atoms with Gasteiger partial charge in [0.2, 0.25) is 0 Å². The summed E-state index contributed by atoms with van der Waals surface area (Å²) in [5.74, 6) is 1.31. The van der Waals surface area contributed by atoms with Crippen molar-refractivity contribution in [2.24, 2.45) is 7.05 Å². The van der Waals surface area contributed by atoms with E-state index in [1.807, 2.05) is 17.8 Å². The first-order chi connectivity index (χ1) is 9.22. The van der Waals surface area contributed by atoms with Crippen LogP contribution in [0, 0.1) is 0 Å². The summed E-state index contributed by atoms with van der Waals surface area (Å²) >= 11 is 0. The van der Waals surface area contributed by atoms with Crippen molar-refractivity contribution in [3.05, 3.63) is 11.8 Å². The number of rotatable bonds is 3. The smallest absolute Gasteiger partial charge is 0.320 e. The molecule has 5 nitrogen and oxygen atoms in total. The molecule has 2 fully saturated rings. The molecule has 2 saturated carbocycles. The highest BCUT2D eigenvalue weighted by Gasteiger charge is 2.27. The number of urea groups is 1. The van der Waals surface area contributed by atoms with Crippen LogP contribution in [0.2, 0.25) is 0 Å². The van der Waals surface area contributed by atoms with E-state index in [1.54, 1.807) is 0 Å². The molecule has 1 aromatic heterocycles. The predicted molar refractivity (Wildman–Crippen MR) is 74.2 cm³/mol. The number of carbonyl (C=O) groups is 1. The molecule has 0 spiro atoms. The quantitative estimate of drug-likeness (QED) is 0.880. The second-order valence-corrected chi connectivity index (χ2v) is 5.79. The van der Waals surface area contributed by atoms with Gasteiger partial charge in [-0.25, -0.2) is 4.79 Å². The van der Waals surface area contributed by atoms with Crippen LogP contribution in [0.25, 0.3) is 0 Å². The van der Waals surface area contributed by atoms with Crippen molar-refractivity contribution >= 4 is 11.8 Å². The average Bonchev–Trinajstić information content (AvgIpc) is 3.15. The molecular formula is C14H22N4O. The highest BCUT2D eigenvalue weighted by atomic mass is 16.2. The van der Waals surface area contributed by atoms with Gasteiger partial charge in [-0.2, -0.15) is 5.10 Å². The van der Waals surface area contributed by atoms with Crippen molar-refractivity contribution in [2.45, 2.75) is 56.9 Å². The standard InChI is InChI=1S/C14H22N4O/c1-18-12(10-7-8-10)9-13(17-18)16-14(19)15-11-5-3-2-4-6-11/h9-11H,2-8H2,1H3,(H2,15,16,17,19). The Kier molecular flexibility index (Phi) is 3.44. The molecule has 0 saturated heterocycles. The fourth-order valence-corrected chi connectivity index (χ4v) is 2.89. The van der Waals surface area contributed by atoms with E-state index < -0.39 is 0 Å². The number of aromatic nitrogens is 2. The zero-order valence-electron chi connectivity index (χ0n) is 11.5. The van der Waals surface area contributed by atoms with Crippen LogP contribution in [0.3, 0.4) is 0 Å². The van der Waals surface area contributed by atoms with Gasteiger partial charge in [-0.3, -0.25) is 10.00 Å². The third kappa shape index (κ3) is 3.08. The largest absolute Gasteiger partial charge is 0.335 e. The summed E-state index contributed by atoms with van der Waals surface area (Å²) in [7, 11) is 1.94. The molecule has 1 heterocycles. The van der Waals surface area contributed by atoms with E-state index in [-0.39, 0.29) is 6.03 Å². The first kappa shape index (κ1) is 12.5. The van der Waals surface area contributed by atoms with Crippen LogP contribution in [0.5, 0.6) is 0 Å². The van der Waals surface area contributed by atoms with Gasteiger partial charge in [0, 0.05) is 30.8 Å². The average molecular weight is 262 g/mol. The van der Waals surface area contributed by atoms with Crippen LogP contribution >= 0.6 is 0 Å². The van der Waals surface area contributed by atoms with Gasteiger partial charge in [0.25, 0.3) is 0 Å². The number of hydrogen-bond acceptors (Lipinski definition) is 2. The van der Waals surface area contributed by atoms with Crippen LogP contribution in [-0.4, -0.2) is 21.9 Å². The number of nitrogens with one attached hydrogen (secondary N) is 2. The lowest BCUT2D eigenvalue weighted by molar-refractivity contribution is 0.244. The Bertz CT molecular complexity index is 458. The predicted octanol–water partition coefficient (Wildman–Crippen LogP) is 2.75. The van der Waals surface area contributed by atoms with Crippen molar-refractivity contribution in [2.75, 3.05) is 5.32 Å². The van der Waals surface area contributed by atoms with Crippen LogP contribution in [-0.2, 0) is 7.05 Å².